The van der Waals surface area contributed by atoms with Gasteiger partial charge in [-0.05, 0) is 18.8 Å². The van der Waals surface area contributed by atoms with Crippen LogP contribution >= 0.6 is 11.3 Å². The van der Waals surface area contributed by atoms with Crippen molar-refractivity contribution in [2.24, 2.45) is 0 Å². The van der Waals surface area contributed by atoms with E-state index in [2.05, 4.69) is 4.98 Å². The minimum atomic E-state index is 0.705. The molecule has 1 aliphatic carbocycles. The lowest BCUT2D eigenvalue weighted by Gasteiger charge is -1.81. The number of nitrogens with zero attached hydrogens (tertiary/aromatic N) is 1. The Kier molecular flexibility index (Phi) is 0.990. The number of nitrogens with two attached hydrogens (primary N) is 1. The molecule has 0 unspecified atom stereocenters. The smallest absolute Gasteiger partial charge is 0.180 e. The van der Waals surface area contributed by atoms with Gasteiger partial charge < -0.3 is 5.73 Å². The van der Waals surface area contributed by atoms with E-state index in [0.717, 1.165) is 5.92 Å². The summed E-state index contributed by atoms with van der Waals surface area (Å²) in [5.74, 6) is 0.805. The molecule has 0 amide bonds. The summed E-state index contributed by atoms with van der Waals surface area (Å²) >= 11 is 1.62. The van der Waals surface area contributed by atoms with Crippen molar-refractivity contribution in [1.82, 2.24) is 4.98 Å². The van der Waals surface area contributed by atoms with Gasteiger partial charge in [-0.1, -0.05) is 0 Å². The predicted octanol–water partition coefficient (Wildman–Crippen LogP) is 1.60. The molecule has 0 aliphatic heterocycles. The van der Waals surface area contributed by atoms with Crippen LogP contribution in [-0.4, -0.2) is 4.98 Å². The van der Waals surface area contributed by atoms with Crippen LogP contribution in [0.3, 0.4) is 0 Å². The van der Waals surface area contributed by atoms with Crippen LogP contribution in [0.15, 0.2) is 6.20 Å². The first-order chi connectivity index (χ1) is 4.36. The second kappa shape index (κ2) is 1.70. The number of anilines is 1. The average molecular weight is 140 g/mol. The maximum atomic E-state index is 5.45. The van der Waals surface area contributed by atoms with Crippen LogP contribution in [0.5, 0.6) is 0 Å². The largest absolute Gasteiger partial charge is 0.375 e. The van der Waals surface area contributed by atoms with Gasteiger partial charge in [0.1, 0.15) is 0 Å². The number of rotatable bonds is 1. The molecule has 0 saturated heterocycles. The van der Waals surface area contributed by atoms with Crippen LogP contribution in [-0.2, 0) is 0 Å². The number of hydrogen-bond acceptors (Lipinski definition) is 3. The molecule has 1 aromatic rings. The maximum absolute atomic E-state index is 5.45. The molecule has 3 heteroatoms. The van der Waals surface area contributed by atoms with Crippen LogP contribution in [0.1, 0.15) is 23.6 Å². The molecule has 1 aromatic heterocycles. The lowest BCUT2D eigenvalue weighted by Crippen LogP contribution is -1.77. The first kappa shape index (κ1) is 5.23. The van der Waals surface area contributed by atoms with E-state index in [1.54, 1.807) is 11.3 Å². The first-order valence-corrected chi connectivity index (χ1v) is 3.89. The summed E-state index contributed by atoms with van der Waals surface area (Å²) in [6.45, 7) is 0. The molecule has 1 heterocycles. The molecule has 0 spiro atoms. The minimum Gasteiger partial charge on any atom is -0.375 e. The normalized spacial score (nSPS) is 18.2. The van der Waals surface area contributed by atoms with Gasteiger partial charge in [-0.3, -0.25) is 0 Å². The monoisotopic (exact) mass is 140 g/mol. The Labute approximate surface area is 57.7 Å². The van der Waals surface area contributed by atoms with Crippen LogP contribution in [0.2, 0.25) is 0 Å². The molecular weight excluding hydrogens is 132 g/mol. The highest BCUT2D eigenvalue weighted by atomic mass is 32.1. The maximum Gasteiger partial charge on any atom is 0.180 e. The summed E-state index contributed by atoms with van der Waals surface area (Å²) in [6.07, 6.45) is 4.57. The van der Waals surface area contributed by atoms with Crippen molar-refractivity contribution in [3.05, 3.63) is 11.1 Å². The summed E-state index contributed by atoms with van der Waals surface area (Å²) in [5, 5.41) is 0.705. The number of hydrogen-bond donors (Lipinski definition) is 1. The van der Waals surface area contributed by atoms with E-state index in [-0.39, 0.29) is 0 Å². The zero-order valence-corrected chi connectivity index (χ0v) is 5.82. The first-order valence-electron chi connectivity index (χ1n) is 3.07. The molecule has 48 valence electrons. The second-order valence-electron chi connectivity index (χ2n) is 2.38. The van der Waals surface area contributed by atoms with E-state index in [0.29, 0.717) is 5.13 Å². The molecular formula is C6H8N2S. The van der Waals surface area contributed by atoms with Gasteiger partial charge in [0.05, 0.1) is 0 Å². The van der Waals surface area contributed by atoms with Crippen molar-refractivity contribution in [3.63, 3.8) is 0 Å². The van der Waals surface area contributed by atoms with E-state index in [4.69, 9.17) is 5.73 Å². The molecule has 2 N–H and O–H groups in total. The zero-order chi connectivity index (χ0) is 6.27. The molecule has 2 rings (SSSR count). The topological polar surface area (TPSA) is 38.9 Å². The fraction of sp³-hybridized carbons (Fsp3) is 0.500. The molecule has 0 aromatic carbocycles. The summed E-state index contributed by atoms with van der Waals surface area (Å²) in [4.78, 5) is 5.34. The fourth-order valence-electron chi connectivity index (χ4n) is 0.857. The van der Waals surface area contributed by atoms with Gasteiger partial charge in [0.15, 0.2) is 5.13 Å². The standard InChI is InChI=1S/C6H8N2S/c7-6-8-3-5(9-6)4-1-2-4/h3-4H,1-2H2,(H2,7,8). The average Bonchev–Trinajstić information content (AvgIpc) is 2.58. The van der Waals surface area contributed by atoms with E-state index in [1.165, 1.54) is 17.7 Å². The van der Waals surface area contributed by atoms with Crippen molar-refractivity contribution in [1.29, 1.82) is 0 Å². The van der Waals surface area contributed by atoms with Gasteiger partial charge in [0.25, 0.3) is 0 Å². The van der Waals surface area contributed by atoms with Crippen LogP contribution in [0.25, 0.3) is 0 Å². The predicted molar refractivity (Wildman–Crippen MR) is 38.5 cm³/mol. The molecule has 1 fully saturated rings. The quantitative estimate of drug-likeness (QED) is 0.643. The third kappa shape index (κ3) is 0.920. The Balaban J connectivity index is 2.28. The van der Waals surface area contributed by atoms with Crippen LogP contribution in [0, 0.1) is 0 Å². The lowest BCUT2D eigenvalue weighted by molar-refractivity contribution is 1.16. The molecule has 2 nitrogen and oxygen atoms in total. The third-order valence-electron chi connectivity index (χ3n) is 1.52. The Bertz CT molecular complexity index is 215. The SMILES string of the molecule is Nc1ncc(C2CC2)s1. The van der Waals surface area contributed by atoms with E-state index < -0.39 is 0 Å². The zero-order valence-electron chi connectivity index (χ0n) is 5.00. The molecule has 0 atom stereocenters. The molecule has 1 saturated carbocycles. The second-order valence-corrected chi connectivity index (χ2v) is 3.47. The number of aromatic nitrogens is 1. The van der Waals surface area contributed by atoms with Gasteiger partial charge in [0, 0.05) is 11.1 Å². The van der Waals surface area contributed by atoms with Crippen LogP contribution in [0.4, 0.5) is 5.13 Å². The van der Waals surface area contributed by atoms with E-state index in [9.17, 15) is 0 Å². The Hall–Kier alpha value is -0.570. The molecule has 1 aliphatic rings. The van der Waals surface area contributed by atoms with Crippen molar-refractivity contribution >= 4 is 16.5 Å². The lowest BCUT2D eigenvalue weighted by atomic mass is 10.4. The molecule has 0 radical (unpaired) electrons. The highest BCUT2D eigenvalue weighted by Gasteiger charge is 2.25. The highest BCUT2D eigenvalue weighted by molar-refractivity contribution is 7.15. The van der Waals surface area contributed by atoms with E-state index >= 15 is 0 Å². The van der Waals surface area contributed by atoms with Crippen molar-refractivity contribution in [2.75, 3.05) is 5.73 Å². The van der Waals surface area contributed by atoms with Gasteiger partial charge >= 0.3 is 0 Å². The minimum absolute atomic E-state index is 0.705. The van der Waals surface area contributed by atoms with Gasteiger partial charge in [0.2, 0.25) is 0 Å². The van der Waals surface area contributed by atoms with Gasteiger partial charge in [-0.2, -0.15) is 0 Å². The van der Waals surface area contributed by atoms with Gasteiger partial charge in [-0.25, -0.2) is 4.98 Å². The van der Waals surface area contributed by atoms with Gasteiger partial charge in [-0.15, -0.1) is 11.3 Å². The number of thiazole rings is 1. The van der Waals surface area contributed by atoms with Crippen LogP contribution < -0.4 is 5.73 Å². The summed E-state index contributed by atoms with van der Waals surface area (Å²) in [6, 6.07) is 0. The molecule has 0 bridgehead atoms. The third-order valence-corrected chi connectivity index (χ3v) is 2.51. The van der Waals surface area contributed by atoms with Crippen molar-refractivity contribution in [2.45, 2.75) is 18.8 Å². The number of nitrogen functional groups attached to an aromatic ring is 1. The fourth-order valence-corrected chi connectivity index (χ4v) is 1.71. The summed E-state index contributed by atoms with van der Waals surface area (Å²) < 4.78 is 0. The summed E-state index contributed by atoms with van der Waals surface area (Å²) in [7, 11) is 0. The molecule has 9 heavy (non-hydrogen) atoms. The Morgan fingerprint density at radius 2 is 2.44 bits per heavy atom. The Morgan fingerprint density at radius 3 is 2.89 bits per heavy atom. The van der Waals surface area contributed by atoms with Crippen molar-refractivity contribution < 1.29 is 0 Å². The van der Waals surface area contributed by atoms with E-state index in [1.807, 2.05) is 6.20 Å². The van der Waals surface area contributed by atoms with Crippen molar-refractivity contribution in [3.8, 4) is 0 Å². The summed E-state index contributed by atoms with van der Waals surface area (Å²) in [5.41, 5.74) is 5.45. The highest BCUT2D eigenvalue weighted by Crippen LogP contribution is 2.42. The Morgan fingerprint density at radius 1 is 1.67 bits per heavy atom.